The number of fused-ring (bicyclic) bond motifs is 3. The van der Waals surface area contributed by atoms with E-state index >= 15 is 0 Å². The molecule has 1 unspecified atom stereocenters. The highest BCUT2D eigenvalue weighted by Gasteiger charge is 2.37. The first-order chi connectivity index (χ1) is 8.87. The molecule has 18 heavy (non-hydrogen) atoms. The first-order valence-corrected chi connectivity index (χ1v) is 6.33. The third kappa shape index (κ3) is 1.26. The molecule has 0 amide bonds. The van der Waals surface area contributed by atoms with Crippen LogP contribution < -0.4 is 15.9 Å². The highest BCUT2D eigenvalue weighted by Crippen LogP contribution is 2.38. The van der Waals surface area contributed by atoms with E-state index in [1.54, 1.807) is 0 Å². The second-order valence-corrected chi connectivity index (χ2v) is 5.07. The van der Waals surface area contributed by atoms with Crippen LogP contribution in [0.4, 0.5) is 5.69 Å². The Morgan fingerprint density at radius 3 is 2.83 bits per heavy atom. The number of anilines is 1. The zero-order chi connectivity index (χ0) is 12.0. The lowest BCUT2D eigenvalue weighted by Gasteiger charge is -2.25. The largest absolute Gasteiger partial charge is 0.384 e. The van der Waals surface area contributed by atoms with Crippen LogP contribution in [0.5, 0.6) is 0 Å². The van der Waals surface area contributed by atoms with Crippen molar-refractivity contribution in [3.63, 3.8) is 0 Å². The molecule has 0 aliphatic carbocycles. The molecule has 2 aromatic rings. The minimum atomic E-state index is 0.0466. The Balaban J connectivity index is 1.97. The van der Waals surface area contributed by atoms with Crippen molar-refractivity contribution in [3.8, 4) is 0 Å². The Hall–Kier alpha value is -2.09. The molecule has 1 atom stereocenters. The summed E-state index contributed by atoms with van der Waals surface area (Å²) in [6, 6.07) is 16.9. The van der Waals surface area contributed by atoms with E-state index < -0.39 is 0 Å². The van der Waals surface area contributed by atoms with Crippen LogP contribution in [0.3, 0.4) is 0 Å². The molecule has 88 valence electrons. The molecule has 0 radical (unpaired) electrons. The quantitative estimate of drug-likeness (QED) is 0.733. The molecule has 2 nitrogen and oxygen atoms in total. The maximum absolute atomic E-state index is 4.76. The van der Waals surface area contributed by atoms with Crippen LogP contribution in [0, 0.1) is 0 Å². The van der Waals surface area contributed by atoms with Gasteiger partial charge >= 0.3 is 0 Å². The van der Waals surface area contributed by atoms with Crippen LogP contribution in [-0.2, 0) is 5.41 Å². The maximum Gasteiger partial charge on any atom is 0.0644 e. The molecule has 2 aromatic carbocycles. The SMILES string of the molecule is C1=c2ccccc2=NCC12CNc1ccccc12. The topological polar surface area (TPSA) is 24.4 Å². The van der Waals surface area contributed by atoms with E-state index in [1.165, 1.54) is 16.5 Å². The Morgan fingerprint density at radius 1 is 1.00 bits per heavy atom. The summed E-state index contributed by atoms with van der Waals surface area (Å²) in [7, 11) is 0. The van der Waals surface area contributed by atoms with E-state index in [0.717, 1.165) is 18.4 Å². The fraction of sp³-hybridized carbons (Fsp3) is 0.188. The van der Waals surface area contributed by atoms with E-state index in [-0.39, 0.29) is 5.41 Å². The monoisotopic (exact) mass is 234 g/mol. The highest BCUT2D eigenvalue weighted by molar-refractivity contribution is 5.67. The van der Waals surface area contributed by atoms with Crippen LogP contribution in [0.2, 0.25) is 0 Å². The number of nitrogens with one attached hydrogen (secondary N) is 1. The molecule has 2 heteroatoms. The molecule has 0 bridgehead atoms. The Kier molecular flexibility index (Phi) is 1.90. The Bertz CT molecular complexity index is 733. The smallest absolute Gasteiger partial charge is 0.0644 e. The third-order valence-corrected chi connectivity index (χ3v) is 3.96. The van der Waals surface area contributed by atoms with Gasteiger partial charge in [-0.15, -0.1) is 0 Å². The second kappa shape index (κ2) is 3.45. The Labute approximate surface area is 106 Å². The predicted octanol–water partition coefficient (Wildman–Crippen LogP) is 1.46. The van der Waals surface area contributed by atoms with Crippen molar-refractivity contribution in [2.45, 2.75) is 5.41 Å². The van der Waals surface area contributed by atoms with Gasteiger partial charge in [0.2, 0.25) is 0 Å². The third-order valence-electron chi connectivity index (χ3n) is 3.96. The van der Waals surface area contributed by atoms with Gasteiger partial charge in [-0.05, 0) is 22.9 Å². The van der Waals surface area contributed by atoms with Gasteiger partial charge in [0.05, 0.1) is 17.3 Å². The zero-order valence-electron chi connectivity index (χ0n) is 10.1. The second-order valence-electron chi connectivity index (χ2n) is 5.07. The summed E-state index contributed by atoms with van der Waals surface area (Å²) in [5, 5.41) is 5.87. The number of rotatable bonds is 0. The molecule has 2 aliphatic heterocycles. The molecule has 2 heterocycles. The van der Waals surface area contributed by atoms with Crippen LogP contribution in [0.1, 0.15) is 5.56 Å². The van der Waals surface area contributed by atoms with Gasteiger partial charge in [0, 0.05) is 12.2 Å². The minimum Gasteiger partial charge on any atom is -0.384 e. The van der Waals surface area contributed by atoms with Crippen molar-refractivity contribution in [2.75, 3.05) is 18.4 Å². The summed E-state index contributed by atoms with van der Waals surface area (Å²) in [6.07, 6.45) is 2.38. The highest BCUT2D eigenvalue weighted by atomic mass is 15.0. The summed E-state index contributed by atoms with van der Waals surface area (Å²) >= 11 is 0. The molecule has 4 rings (SSSR count). The van der Waals surface area contributed by atoms with Crippen LogP contribution in [-0.4, -0.2) is 13.1 Å². The van der Waals surface area contributed by atoms with Crippen molar-refractivity contribution >= 4 is 11.8 Å². The van der Waals surface area contributed by atoms with Crippen molar-refractivity contribution in [1.29, 1.82) is 0 Å². The maximum atomic E-state index is 4.76. The lowest BCUT2D eigenvalue weighted by atomic mass is 9.80. The summed E-state index contributed by atoms with van der Waals surface area (Å²) < 4.78 is 0. The van der Waals surface area contributed by atoms with Gasteiger partial charge in [-0.2, -0.15) is 0 Å². The van der Waals surface area contributed by atoms with Gasteiger partial charge in [0.1, 0.15) is 0 Å². The zero-order valence-corrected chi connectivity index (χ0v) is 10.1. The van der Waals surface area contributed by atoms with E-state index in [1.807, 2.05) is 0 Å². The summed E-state index contributed by atoms with van der Waals surface area (Å²) in [5.74, 6) is 0. The standard InChI is InChI=1S/C16H14N2/c1-3-7-14-12(5-1)9-16(10-17-14)11-18-15-8-4-2-6-13(15)16/h1-9,18H,10-11H2. The van der Waals surface area contributed by atoms with Crippen molar-refractivity contribution in [1.82, 2.24) is 0 Å². The van der Waals surface area contributed by atoms with Gasteiger partial charge < -0.3 is 5.32 Å². The average molecular weight is 234 g/mol. The van der Waals surface area contributed by atoms with Crippen molar-refractivity contribution < 1.29 is 0 Å². The first kappa shape index (κ1) is 9.89. The number of nitrogens with zero attached hydrogens (tertiary/aromatic N) is 1. The molecule has 1 N–H and O–H groups in total. The van der Waals surface area contributed by atoms with E-state index in [9.17, 15) is 0 Å². The van der Waals surface area contributed by atoms with Gasteiger partial charge in [0.25, 0.3) is 0 Å². The van der Waals surface area contributed by atoms with Gasteiger partial charge in [-0.25, -0.2) is 0 Å². The van der Waals surface area contributed by atoms with Gasteiger partial charge in [-0.3, -0.25) is 4.99 Å². The summed E-state index contributed by atoms with van der Waals surface area (Å²) in [5.41, 5.74) is 2.68. The van der Waals surface area contributed by atoms with Crippen LogP contribution >= 0.6 is 0 Å². The molecule has 0 saturated heterocycles. The summed E-state index contributed by atoms with van der Waals surface area (Å²) in [4.78, 5) is 4.76. The Morgan fingerprint density at radius 2 is 1.83 bits per heavy atom. The summed E-state index contributed by atoms with van der Waals surface area (Å²) in [6.45, 7) is 1.79. The van der Waals surface area contributed by atoms with Crippen molar-refractivity contribution in [3.05, 3.63) is 64.7 Å². The first-order valence-electron chi connectivity index (χ1n) is 6.33. The van der Waals surface area contributed by atoms with E-state index in [0.29, 0.717) is 0 Å². The number of benzene rings is 2. The number of hydrogen-bond donors (Lipinski definition) is 1. The van der Waals surface area contributed by atoms with E-state index in [4.69, 9.17) is 4.99 Å². The molecular weight excluding hydrogens is 220 g/mol. The molecular formula is C16H14N2. The number of hydrogen-bond acceptors (Lipinski definition) is 2. The van der Waals surface area contributed by atoms with Gasteiger partial charge in [-0.1, -0.05) is 42.5 Å². The lowest BCUT2D eigenvalue weighted by Crippen LogP contribution is -2.40. The predicted molar refractivity (Wildman–Crippen MR) is 73.2 cm³/mol. The van der Waals surface area contributed by atoms with E-state index in [2.05, 4.69) is 59.9 Å². The normalized spacial score (nSPS) is 23.6. The number of para-hydroxylation sites is 2. The fourth-order valence-corrected chi connectivity index (χ4v) is 3.01. The van der Waals surface area contributed by atoms with Crippen molar-refractivity contribution in [2.24, 2.45) is 4.99 Å². The van der Waals surface area contributed by atoms with Crippen LogP contribution in [0.15, 0.2) is 53.5 Å². The molecule has 0 fully saturated rings. The lowest BCUT2D eigenvalue weighted by molar-refractivity contribution is 0.621. The molecule has 0 aromatic heterocycles. The molecule has 2 aliphatic rings. The molecule has 0 saturated carbocycles. The molecule has 1 spiro atoms. The van der Waals surface area contributed by atoms with Gasteiger partial charge in [0.15, 0.2) is 0 Å². The van der Waals surface area contributed by atoms with Crippen LogP contribution in [0.25, 0.3) is 6.08 Å². The average Bonchev–Trinajstić information content (AvgIpc) is 2.78. The fourth-order valence-electron chi connectivity index (χ4n) is 3.01. The minimum absolute atomic E-state index is 0.0466.